The van der Waals surface area contributed by atoms with Crippen molar-refractivity contribution in [1.82, 2.24) is 0 Å². The van der Waals surface area contributed by atoms with Gasteiger partial charge in [-0.25, -0.2) is 0 Å². The second kappa shape index (κ2) is 11.3. The van der Waals surface area contributed by atoms with E-state index in [2.05, 4.69) is 26.0 Å². The van der Waals surface area contributed by atoms with Crippen molar-refractivity contribution in [2.45, 2.75) is 103 Å². The van der Waals surface area contributed by atoms with Crippen LogP contribution in [0, 0.1) is 17.8 Å². The van der Waals surface area contributed by atoms with Crippen LogP contribution in [0.25, 0.3) is 0 Å². The molecule has 0 aromatic heterocycles. The van der Waals surface area contributed by atoms with Gasteiger partial charge in [-0.05, 0) is 82.0 Å². The normalized spacial score (nSPS) is 32.4. The zero-order valence-corrected chi connectivity index (χ0v) is 15.8. The van der Waals surface area contributed by atoms with E-state index in [1.807, 2.05) is 0 Å². The molecule has 0 heterocycles. The maximum Gasteiger partial charge on any atom is 0.0575 e. The van der Waals surface area contributed by atoms with Crippen molar-refractivity contribution in [2.75, 3.05) is 6.61 Å². The van der Waals surface area contributed by atoms with Gasteiger partial charge >= 0.3 is 0 Å². The summed E-state index contributed by atoms with van der Waals surface area (Å²) in [6.07, 6.45) is 23.6. The molecule has 134 valence electrons. The average Bonchev–Trinajstić information content (AvgIpc) is 2.60. The van der Waals surface area contributed by atoms with Crippen molar-refractivity contribution in [2.24, 2.45) is 17.8 Å². The summed E-state index contributed by atoms with van der Waals surface area (Å²) in [5.74, 6) is 2.92. The number of hydrogen-bond acceptors (Lipinski definition) is 1. The number of allylic oxidation sites excluding steroid dienone is 2. The van der Waals surface area contributed by atoms with Gasteiger partial charge in [0, 0.05) is 6.61 Å². The van der Waals surface area contributed by atoms with Gasteiger partial charge < -0.3 is 4.74 Å². The van der Waals surface area contributed by atoms with Gasteiger partial charge in [0.05, 0.1) is 6.10 Å². The van der Waals surface area contributed by atoms with E-state index < -0.39 is 0 Å². The molecule has 1 heteroatoms. The first kappa shape index (κ1) is 19.0. The van der Waals surface area contributed by atoms with Gasteiger partial charge in [0.25, 0.3) is 0 Å². The lowest BCUT2D eigenvalue weighted by molar-refractivity contribution is 0.0168. The van der Waals surface area contributed by atoms with Crippen LogP contribution in [0.3, 0.4) is 0 Å². The van der Waals surface area contributed by atoms with Gasteiger partial charge in [-0.1, -0.05) is 45.3 Å². The van der Waals surface area contributed by atoms with Crippen LogP contribution in [-0.4, -0.2) is 12.7 Å². The Morgan fingerprint density at radius 3 is 1.96 bits per heavy atom. The van der Waals surface area contributed by atoms with Crippen LogP contribution in [0.1, 0.15) is 97.3 Å². The standard InChI is InChI=1S/C22H40O/c1-3-5-6-7-19-8-10-20(11-9-19)12-13-21-14-16-22(17-15-21)23-18-4-2/h6-7,19-22H,3-5,8-18H2,1-2H3. The molecular weight excluding hydrogens is 280 g/mol. The third-order valence-corrected chi connectivity index (χ3v) is 6.09. The van der Waals surface area contributed by atoms with Crippen LogP contribution >= 0.6 is 0 Å². The zero-order chi connectivity index (χ0) is 16.3. The molecule has 0 radical (unpaired) electrons. The zero-order valence-electron chi connectivity index (χ0n) is 15.8. The van der Waals surface area contributed by atoms with Crippen LogP contribution in [0.4, 0.5) is 0 Å². The summed E-state index contributed by atoms with van der Waals surface area (Å²) < 4.78 is 5.92. The van der Waals surface area contributed by atoms with E-state index >= 15 is 0 Å². The molecule has 0 aromatic rings. The molecule has 1 nitrogen and oxygen atoms in total. The minimum Gasteiger partial charge on any atom is -0.378 e. The van der Waals surface area contributed by atoms with Crippen LogP contribution in [0.2, 0.25) is 0 Å². The van der Waals surface area contributed by atoms with Crippen LogP contribution in [0.5, 0.6) is 0 Å². The summed E-state index contributed by atoms with van der Waals surface area (Å²) in [6.45, 7) is 5.44. The van der Waals surface area contributed by atoms with Crippen LogP contribution < -0.4 is 0 Å². The number of hydrogen-bond donors (Lipinski definition) is 0. The summed E-state index contributed by atoms with van der Waals surface area (Å²) in [5.41, 5.74) is 0. The lowest BCUT2D eigenvalue weighted by atomic mass is 9.77. The highest BCUT2D eigenvalue weighted by Gasteiger charge is 2.24. The predicted molar refractivity (Wildman–Crippen MR) is 101 cm³/mol. The molecule has 0 bridgehead atoms. The van der Waals surface area contributed by atoms with Gasteiger partial charge in [0.1, 0.15) is 0 Å². The Morgan fingerprint density at radius 2 is 1.39 bits per heavy atom. The van der Waals surface area contributed by atoms with E-state index in [1.165, 1.54) is 77.0 Å². The molecule has 0 spiro atoms. The fraction of sp³-hybridized carbons (Fsp3) is 0.909. The molecule has 0 amide bonds. The average molecular weight is 321 g/mol. The van der Waals surface area contributed by atoms with Gasteiger partial charge in [0.2, 0.25) is 0 Å². The second-order valence-electron chi connectivity index (χ2n) is 8.09. The van der Waals surface area contributed by atoms with Gasteiger partial charge in [0.15, 0.2) is 0 Å². The maximum atomic E-state index is 5.92. The highest BCUT2D eigenvalue weighted by Crippen LogP contribution is 2.36. The molecule has 2 rings (SSSR count). The van der Waals surface area contributed by atoms with E-state index in [0.717, 1.165) is 30.8 Å². The van der Waals surface area contributed by atoms with Crippen LogP contribution in [-0.2, 0) is 4.74 Å². The smallest absolute Gasteiger partial charge is 0.0575 e. The van der Waals surface area contributed by atoms with Crippen molar-refractivity contribution in [1.29, 1.82) is 0 Å². The summed E-state index contributed by atoms with van der Waals surface area (Å²) in [6, 6.07) is 0. The number of unbranched alkanes of at least 4 members (excludes halogenated alkanes) is 1. The molecule has 0 aromatic carbocycles. The minimum absolute atomic E-state index is 0.580. The predicted octanol–water partition coefficient (Wildman–Crippen LogP) is 6.91. The van der Waals surface area contributed by atoms with E-state index in [-0.39, 0.29) is 0 Å². The van der Waals surface area contributed by atoms with E-state index in [1.54, 1.807) is 0 Å². The first-order valence-corrected chi connectivity index (χ1v) is 10.6. The Morgan fingerprint density at radius 1 is 0.783 bits per heavy atom. The fourth-order valence-electron chi connectivity index (χ4n) is 4.47. The van der Waals surface area contributed by atoms with Crippen molar-refractivity contribution < 1.29 is 4.74 Å². The summed E-state index contributed by atoms with van der Waals surface area (Å²) in [5, 5.41) is 0. The SMILES string of the molecule is CCCC=CC1CCC(CCC2CCC(OCCC)CC2)CC1. The summed E-state index contributed by atoms with van der Waals surface area (Å²) in [7, 11) is 0. The monoisotopic (exact) mass is 320 g/mol. The molecule has 0 atom stereocenters. The van der Waals surface area contributed by atoms with Crippen molar-refractivity contribution in [3.63, 3.8) is 0 Å². The molecule has 0 N–H and O–H groups in total. The third kappa shape index (κ3) is 7.42. The molecule has 2 aliphatic carbocycles. The number of rotatable bonds is 9. The van der Waals surface area contributed by atoms with E-state index in [0.29, 0.717) is 6.10 Å². The first-order valence-electron chi connectivity index (χ1n) is 10.6. The minimum atomic E-state index is 0.580. The lowest BCUT2D eigenvalue weighted by Gasteiger charge is -2.31. The quantitative estimate of drug-likeness (QED) is 0.419. The molecule has 0 unspecified atom stereocenters. The van der Waals surface area contributed by atoms with E-state index in [4.69, 9.17) is 4.74 Å². The molecule has 23 heavy (non-hydrogen) atoms. The Bertz CT molecular complexity index is 306. The van der Waals surface area contributed by atoms with Crippen LogP contribution in [0.15, 0.2) is 12.2 Å². The maximum absolute atomic E-state index is 5.92. The van der Waals surface area contributed by atoms with Gasteiger partial charge in [-0.3, -0.25) is 0 Å². The largest absolute Gasteiger partial charge is 0.378 e. The third-order valence-electron chi connectivity index (χ3n) is 6.09. The van der Waals surface area contributed by atoms with Crippen molar-refractivity contribution in [3.05, 3.63) is 12.2 Å². The molecule has 2 fully saturated rings. The Labute approximate surface area is 145 Å². The molecule has 0 aliphatic heterocycles. The number of ether oxygens (including phenoxy) is 1. The summed E-state index contributed by atoms with van der Waals surface area (Å²) >= 11 is 0. The van der Waals surface area contributed by atoms with Gasteiger partial charge in [-0.15, -0.1) is 0 Å². The van der Waals surface area contributed by atoms with Crippen molar-refractivity contribution >= 4 is 0 Å². The molecule has 2 aliphatic rings. The van der Waals surface area contributed by atoms with E-state index in [9.17, 15) is 0 Å². The molecule has 0 saturated heterocycles. The van der Waals surface area contributed by atoms with Crippen molar-refractivity contribution in [3.8, 4) is 0 Å². The molecular formula is C22H40O. The Hall–Kier alpha value is -0.300. The highest BCUT2D eigenvalue weighted by molar-refractivity contribution is 4.91. The lowest BCUT2D eigenvalue weighted by Crippen LogP contribution is -2.22. The van der Waals surface area contributed by atoms with Gasteiger partial charge in [-0.2, -0.15) is 0 Å². The Kier molecular flexibility index (Phi) is 9.34. The Balaban J connectivity index is 1.54. The second-order valence-corrected chi connectivity index (χ2v) is 8.09. The molecule has 2 saturated carbocycles. The first-order chi connectivity index (χ1) is 11.3. The topological polar surface area (TPSA) is 9.23 Å². The fourth-order valence-corrected chi connectivity index (χ4v) is 4.47. The summed E-state index contributed by atoms with van der Waals surface area (Å²) in [4.78, 5) is 0. The highest BCUT2D eigenvalue weighted by atomic mass is 16.5.